The topological polar surface area (TPSA) is 55.2 Å². The molecule has 2 aromatic heterocycles. The quantitative estimate of drug-likeness (QED) is 0.0837. The van der Waals surface area contributed by atoms with Crippen LogP contribution in [0.1, 0.15) is 32.3 Å². The average Bonchev–Trinajstić information content (AvgIpc) is 3.73. The number of thiazole rings is 2. The Bertz CT molecular complexity index is 2150. The molecule has 230 valence electrons. The molecule has 6 aromatic rings. The minimum Gasteiger partial charge on any atom is -0.447 e. The molecule has 1 aliphatic rings. The lowest BCUT2D eigenvalue weighted by molar-refractivity contribution is -0.0941. The molecule has 1 N–H and O–H groups in total. The highest BCUT2D eigenvalue weighted by Gasteiger charge is 2.51. The maximum Gasteiger partial charge on any atom is 0.265 e. The van der Waals surface area contributed by atoms with Gasteiger partial charge in [0, 0.05) is 32.0 Å². The van der Waals surface area contributed by atoms with Crippen molar-refractivity contribution in [3.8, 4) is 26.9 Å². The zero-order chi connectivity index (χ0) is 32.3. The van der Waals surface area contributed by atoms with E-state index in [9.17, 15) is 18.3 Å². The Morgan fingerprint density at radius 3 is 1.63 bits per heavy atom. The molecule has 0 bridgehead atoms. The van der Waals surface area contributed by atoms with E-state index in [0.717, 1.165) is 16.0 Å². The molecule has 0 amide bonds. The van der Waals surface area contributed by atoms with Crippen LogP contribution in [-0.4, -0.2) is 15.1 Å². The number of aliphatic hydroxyl groups is 1. The number of aromatic nitrogens is 2. The van der Waals surface area contributed by atoms with Crippen molar-refractivity contribution >= 4 is 33.8 Å². The van der Waals surface area contributed by atoms with Crippen molar-refractivity contribution in [2.75, 3.05) is 0 Å². The second kappa shape index (κ2) is 11.3. The van der Waals surface area contributed by atoms with E-state index in [1.165, 1.54) is 28.7 Å². The fourth-order valence-electron chi connectivity index (χ4n) is 5.55. The maximum absolute atomic E-state index is 15.1. The van der Waals surface area contributed by atoms with Crippen LogP contribution >= 0.6 is 22.7 Å². The highest BCUT2D eigenvalue weighted by Crippen LogP contribution is 2.55. The Morgan fingerprint density at radius 1 is 0.609 bits per heavy atom. The third-order valence-electron chi connectivity index (χ3n) is 7.68. The van der Waals surface area contributed by atoms with E-state index in [2.05, 4.69) is 0 Å². The van der Waals surface area contributed by atoms with Crippen LogP contribution in [0, 0.1) is 42.9 Å². The van der Waals surface area contributed by atoms with Crippen LogP contribution in [0.3, 0.4) is 0 Å². The summed E-state index contributed by atoms with van der Waals surface area (Å²) in [5.41, 5.74) is 3.01. The van der Waals surface area contributed by atoms with Gasteiger partial charge >= 0.3 is 0 Å². The highest BCUT2D eigenvalue weighted by molar-refractivity contribution is 7.15. The standard InChI is InChI=1S/C35H21F5N2O2S2/c1-17-30(41-33(45-17)19-11-5-3-6-12-19)23-21-15-9-10-16-22(21)35(43,44-32-28(39)26(37)25(36)27(38)29(32)40)24(23)31-18(2)46-34(42-31)20-13-7-4-8-14-20/h3-16,43H,1-2H3/t35-/m1/s1. The monoisotopic (exact) mass is 660 g/mol. The van der Waals surface area contributed by atoms with Gasteiger partial charge in [-0.05, 0) is 19.4 Å². The normalized spacial score (nSPS) is 15.8. The summed E-state index contributed by atoms with van der Waals surface area (Å²) in [7, 11) is 0. The number of fused-ring (bicyclic) bond motifs is 1. The van der Waals surface area contributed by atoms with Gasteiger partial charge < -0.3 is 9.84 Å². The van der Waals surface area contributed by atoms with Gasteiger partial charge in [-0.1, -0.05) is 84.9 Å². The third-order valence-corrected chi connectivity index (χ3v) is 9.72. The molecule has 0 spiro atoms. The van der Waals surface area contributed by atoms with Crippen LogP contribution in [0.5, 0.6) is 5.75 Å². The predicted octanol–water partition coefficient (Wildman–Crippen LogP) is 9.44. The number of nitrogens with zero attached hydrogens (tertiary/aromatic N) is 2. The number of rotatable bonds is 6. The molecule has 1 atom stereocenters. The SMILES string of the molecule is Cc1sc(-c2ccccc2)nc1C1=C(c2nc(-c3ccccc3)sc2C)[C@](O)(Oc2c(F)c(F)c(F)c(F)c2F)c2ccccc21. The summed E-state index contributed by atoms with van der Waals surface area (Å²) in [5.74, 6) is -15.5. The molecular formula is C35H21F5N2O2S2. The van der Waals surface area contributed by atoms with Crippen molar-refractivity contribution in [2.45, 2.75) is 19.6 Å². The van der Waals surface area contributed by atoms with E-state index < -0.39 is 40.6 Å². The van der Waals surface area contributed by atoms with Crippen molar-refractivity contribution in [1.82, 2.24) is 9.97 Å². The van der Waals surface area contributed by atoms with Gasteiger partial charge in [-0.3, -0.25) is 0 Å². The lowest BCUT2D eigenvalue weighted by Gasteiger charge is -2.29. The number of hydrogen-bond acceptors (Lipinski definition) is 6. The summed E-state index contributed by atoms with van der Waals surface area (Å²) in [4.78, 5) is 11.1. The summed E-state index contributed by atoms with van der Waals surface area (Å²) in [6, 6.07) is 25.1. The largest absolute Gasteiger partial charge is 0.447 e. The van der Waals surface area contributed by atoms with Gasteiger partial charge in [0.15, 0.2) is 0 Å². The van der Waals surface area contributed by atoms with E-state index in [1.54, 1.807) is 25.1 Å². The molecule has 7 rings (SSSR count). The van der Waals surface area contributed by atoms with E-state index in [1.807, 2.05) is 67.6 Å². The van der Waals surface area contributed by atoms with Crippen LogP contribution in [0.25, 0.3) is 32.3 Å². The zero-order valence-corrected chi connectivity index (χ0v) is 25.7. The van der Waals surface area contributed by atoms with Crippen molar-refractivity contribution in [1.29, 1.82) is 0 Å². The van der Waals surface area contributed by atoms with Gasteiger partial charge in [0.1, 0.15) is 10.0 Å². The first-order valence-electron chi connectivity index (χ1n) is 13.9. The van der Waals surface area contributed by atoms with Gasteiger partial charge in [-0.2, -0.15) is 8.78 Å². The second-order valence-electron chi connectivity index (χ2n) is 10.5. The van der Waals surface area contributed by atoms with Crippen LogP contribution in [0.2, 0.25) is 0 Å². The van der Waals surface area contributed by atoms with Crippen molar-refractivity contribution in [3.05, 3.63) is 146 Å². The van der Waals surface area contributed by atoms with Gasteiger partial charge in [-0.25, -0.2) is 23.1 Å². The van der Waals surface area contributed by atoms with Crippen LogP contribution in [-0.2, 0) is 5.79 Å². The van der Waals surface area contributed by atoms with E-state index in [-0.39, 0.29) is 16.8 Å². The number of hydrogen-bond donors (Lipinski definition) is 1. The fourth-order valence-corrected chi connectivity index (χ4v) is 7.40. The summed E-state index contributed by atoms with van der Waals surface area (Å²) < 4.78 is 78.6. The number of aryl methyl sites for hydroxylation is 2. The van der Waals surface area contributed by atoms with E-state index >= 15 is 8.78 Å². The van der Waals surface area contributed by atoms with Gasteiger partial charge in [0.25, 0.3) is 5.79 Å². The molecule has 4 nitrogen and oxygen atoms in total. The van der Waals surface area contributed by atoms with E-state index in [0.29, 0.717) is 31.7 Å². The Kier molecular flexibility index (Phi) is 7.34. The molecule has 0 saturated carbocycles. The van der Waals surface area contributed by atoms with Gasteiger partial charge in [0.05, 0.1) is 17.0 Å². The van der Waals surface area contributed by atoms with Crippen LogP contribution < -0.4 is 4.74 Å². The number of ether oxygens (including phenoxy) is 1. The Labute approximate surface area is 267 Å². The van der Waals surface area contributed by atoms with E-state index in [4.69, 9.17) is 14.7 Å². The Morgan fingerprint density at radius 2 is 1.07 bits per heavy atom. The molecule has 0 aliphatic heterocycles. The lowest BCUT2D eigenvalue weighted by Crippen LogP contribution is -2.34. The molecule has 0 unspecified atom stereocenters. The minimum absolute atomic E-state index is 0.0197. The Hall–Kier alpha value is -4.71. The highest BCUT2D eigenvalue weighted by atomic mass is 32.1. The lowest BCUT2D eigenvalue weighted by atomic mass is 9.98. The molecule has 4 aromatic carbocycles. The first kappa shape index (κ1) is 30.0. The number of benzene rings is 4. The Balaban J connectivity index is 1.54. The molecular weight excluding hydrogens is 640 g/mol. The molecule has 1 aliphatic carbocycles. The van der Waals surface area contributed by atoms with Crippen molar-refractivity contribution < 1.29 is 31.8 Å². The van der Waals surface area contributed by atoms with Crippen molar-refractivity contribution in [2.24, 2.45) is 0 Å². The summed E-state index contributed by atoms with van der Waals surface area (Å²) in [6.07, 6.45) is 0. The maximum atomic E-state index is 15.1. The zero-order valence-electron chi connectivity index (χ0n) is 24.0. The molecule has 2 heterocycles. The fraction of sp³-hybridized carbons (Fsp3) is 0.0857. The molecule has 0 radical (unpaired) electrons. The first-order valence-corrected chi connectivity index (χ1v) is 15.6. The van der Waals surface area contributed by atoms with Crippen molar-refractivity contribution in [3.63, 3.8) is 0 Å². The second-order valence-corrected chi connectivity index (χ2v) is 12.9. The summed E-state index contributed by atoms with van der Waals surface area (Å²) >= 11 is 2.71. The third kappa shape index (κ3) is 4.65. The summed E-state index contributed by atoms with van der Waals surface area (Å²) in [6.45, 7) is 3.60. The average molecular weight is 661 g/mol. The predicted molar refractivity (Wildman–Crippen MR) is 168 cm³/mol. The van der Waals surface area contributed by atoms with Crippen LogP contribution in [0.4, 0.5) is 22.0 Å². The minimum atomic E-state index is -2.75. The van der Waals surface area contributed by atoms with Gasteiger partial charge in [-0.15, -0.1) is 22.7 Å². The van der Waals surface area contributed by atoms with Crippen LogP contribution in [0.15, 0.2) is 84.9 Å². The number of halogens is 5. The molecule has 46 heavy (non-hydrogen) atoms. The molecule has 0 saturated heterocycles. The molecule has 11 heteroatoms. The molecule has 0 fully saturated rings. The van der Waals surface area contributed by atoms with Gasteiger partial charge in [0.2, 0.25) is 34.8 Å². The summed E-state index contributed by atoms with van der Waals surface area (Å²) in [5, 5.41) is 13.8. The smallest absolute Gasteiger partial charge is 0.265 e. The first-order chi connectivity index (χ1) is 22.1.